The average Bonchev–Trinajstić information content (AvgIpc) is 2.44. The lowest BCUT2D eigenvalue weighted by Crippen LogP contribution is -2.36. The molecule has 1 N–H and O–H groups in total. The molecular weight excluding hydrogens is 244 g/mol. The first kappa shape index (κ1) is 13.6. The number of hydrogen-bond acceptors (Lipinski definition) is 2. The number of nitrogens with zero attached hydrogens (tertiary/aromatic N) is 1. The van der Waals surface area contributed by atoms with Crippen molar-refractivity contribution in [1.29, 1.82) is 0 Å². The van der Waals surface area contributed by atoms with E-state index >= 15 is 0 Å². The Kier molecular flexibility index (Phi) is 3.75. The molecule has 1 atom stereocenters. The van der Waals surface area contributed by atoms with Crippen molar-refractivity contribution >= 4 is 10.8 Å². The van der Waals surface area contributed by atoms with Gasteiger partial charge in [0.05, 0.1) is 0 Å². The lowest BCUT2D eigenvalue weighted by atomic mass is 9.75. The third-order valence-corrected chi connectivity index (χ3v) is 4.50. The molecule has 1 unspecified atom stereocenters. The van der Waals surface area contributed by atoms with Crippen LogP contribution in [0, 0.1) is 5.41 Å². The van der Waals surface area contributed by atoms with Crippen molar-refractivity contribution in [1.82, 2.24) is 10.3 Å². The van der Waals surface area contributed by atoms with Crippen molar-refractivity contribution in [2.45, 2.75) is 52.1 Å². The van der Waals surface area contributed by atoms with Crippen LogP contribution in [0.3, 0.4) is 0 Å². The van der Waals surface area contributed by atoms with Crippen molar-refractivity contribution in [3.63, 3.8) is 0 Å². The number of pyridine rings is 1. The summed E-state index contributed by atoms with van der Waals surface area (Å²) < 4.78 is 0. The fraction of sp³-hybridized carbons (Fsp3) is 0.500. The lowest BCUT2D eigenvalue weighted by Gasteiger charge is -2.35. The number of fused-ring (bicyclic) bond motifs is 1. The van der Waals surface area contributed by atoms with Gasteiger partial charge in [-0.2, -0.15) is 0 Å². The van der Waals surface area contributed by atoms with Crippen LogP contribution in [0.2, 0.25) is 0 Å². The summed E-state index contributed by atoms with van der Waals surface area (Å²) in [5.74, 6) is 0. The molecular formula is C18H24N2. The standard InChI is InChI=1S/C18H24N2/c1-18(2)8-3-4-17(11-18)20-12-14-5-6-16-13-19-9-7-15(16)10-14/h5-7,9-10,13,17,20H,3-4,8,11-12H2,1-2H3. The molecule has 1 aliphatic carbocycles. The predicted octanol–water partition coefficient (Wildman–Crippen LogP) is 4.29. The highest BCUT2D eigenvalue weighted by atomic mass is 14.9. The van der Waals surface area contributed by atoms with Crippen LogP contribution in [0.4, 0.5) is 0 Å². The van der Waals surface area contributed by atoms with Gasteiger partial charge >= 0.3 is 0 Å². The number of benzene rings is 1. The monoisotopic (exact) mass is 268 g/mol. The van der Waals surface area contributed by atoms with Gasteiger partial charge in [0.1, 0.15) is 0 Å². The largest absolute Gasteiger partial charge is 0.310 e. The summed E-state index contributed by atoms with van der Waals surface area (Å²) in [7, 11) is 0. The molecule has 1 aliphatic rings. The number of hydrogen-bond donors (Lipinski definition) is 1. The summed E-state index contributed by atoms with van der Waals surface area (Å²) in [5.41, 5.74) is 1.87. The zero-order chi connectivity index (χ0) is 14.0. The Morgan fingerprint density at radius 1 is 1.25 bits per heavy atom. The smallest absolute Gasteiger partial charge is 0.0346 e. The maximum absolute atomic E-state index is 4.16. The minimum Gasteiger partial charge on any atom is -0.310 e. The normalized spacial score (nSPS) is 22.0. The Morgan fingerprint density at radius 2 is 2.15 bits per heavy atom. The maximum atomic E-state index is 4.16. The quantitative estimate of drug-likeness (QED) is 0.898. The first-order valence-corrected chi connectivity index (χ1v) is 7.68. The highest BCUT2D eigenvalue weighted by Gasteiger charge is 2.27. The molecule has 1 aromatic carbocycles. The Hall–Kier alpha value is -1.41. The molecule has 1 fully saturated rings. The van der Waals surface area contributed by atoms with Gasteiger partial charge in [-0.1, -0.05) is 32.4 Å². The summed E-state index contributed by atoms with van der Waals surface area (Å²) in [6.07, 6.45) is 9.13. The number of rotatable bonds is 3. The zero-order valence-corrected chi connectivity index (χ0v) is 12.5. The van der Waals surface area contributed by atoms with Gasteiger partial charge in [0.15, 0.2) is 0 Å². The highest BCUT2D eigenvalue weighted by molar-refractivity contribution is 5.81. The summed E-state index contributed by atoms with van der Waals surface area (Å²) in [6.45, 7) is 5.76. The van der Waals surface area contributed by atoms with Gasteiger partial charge in [-0.15, -0.1) is 0 Å². The van der Waals surface area contributed by atoms with Gasteiger partial charge in [-0.25, -0.2) is 0 Å². The van der Waals surface area contributed by atoms with Crippen molar-refractivity contribution in [2.75, 3.05) is 0 Å². The molecule has 0 amide bonds. The minimum atomic E-state index is 0.505. The fourth-order valence-corrected chi connectivity index (χ4v) is 3.38. The Labute approximate surface area is 121 Å². The summed E-state index contributed by atoms with van der Waals surface area (Å²) >= 11 is 0. The van der Waals surface area contributed by atoms with Crippen LogP contribution >= 0.6 is 0 Å². The Balaban J connectivity index is 1.65. The van der Waals surface area contributed by atoms with Crippen LogP contribution in [0.5, 0.6) is 0 Å². The molecule has 0 saturated heterocycles. The highest BCUT2D eigenvalue weighted by Crippen LogP contribution is 2.35. The predicted molar refractivity (Wildman–Crippen MR) is 84.6 cm³/mol. The van der Waals surface area contributed by atoms with E-state index < -0.39 is 0 Å². The van der Waals surface area contributed by atoms with Crippen molar-refractivity contribution in [2.24, 2.45) is 5.41 Å². The van der Waals surface area contributed by atoms with Crippen LogP contribution < -0.4 is 5.32 Å². The van der Waals surface area contributed by atoms with Crippen LogP contribution in [0.25, 0.3) is 10.8 Å². The van der Waals surface area contributed by atoms with E-state index in [-0.39, 0.29) is 0 Å². The van der Waals surface area contributed by atoms with E-state index in [2.05, 4.69) is 48.4 Å². The number of aromatic nitrogens is 1. The molecule has 3 rings (SSSR count). The van der Waals surface area contributed by atoms with Gasteiger partial charge in [0.2, 0.25) is 0 Å². The van der Waals surface area contributed by atoms with E-state index in [1.165, 1.54) is 42.0 Å². The second-order valence-electron chi connectivity index (χ2n) is 6.90. The van der Waals surface area contributed by atoms with Crippen LogP contribution in [-0.4, -0.2) is 11.0 Å². The van der Waals surface area contributed by atoms with Crippen molar-refractivity contribution in [3.05, 3.63) is 42.2 Å². The van der Waals surface area contributed by atoms with Crippen LogP contribution in [-0.2, 0) is 6.54 Å². The van der Waals surface area contributed by atoms with Crippen LogP contribution in [0.1, 0.15) is 45.1 Å². The van der Waals surface area contributed by atoms with Gasteiger partial charge in [0, 0.05) is 30.4 Å². The molecule has 0 spiro atoms. The van der Waals surface area contributed by atoms with Crippen LogP contribution in [0.15, 0.2) is 36.7 Å². The third-order valence-electron chi connectivity index (χ3n) is 4.50. The molecule has 20 heavy (non-hydrogen) atoms. The SMILES string of the molecule is CC1(C)CCCC(NCc2ccc3cnccc3c2)C1. The van der Waals surface area contributed by atoms with E-state index in [0.29, 0.717) is 11.5 Å². The lowest BCUT2D eigenvalue weighted by molar-refractivity contribution is 0.198. The molecule has 106 valence electrons. The summed E-state index contributed by atoms with van der Waals surface area (Å²) in [4.78, 5) is 4.16. The third kappa shape index (κ3) is 3.18. The molecule has 0 radical (unpaired) electrons. The first-order valence-electron chi connectivity index (χ1n) is 7.68. The van der Waals surface area contributed by atoms with E-state index in [1.807, 2.05) is 12.4 Å². The average molecular weight is 268 g/mol. The molecule has 2 aromatic rings. The van der Waals surface area contributed by atoms with E-state index in [1.54, 1.807) is 0 Å². The van der Waals surface area contributed by atoms with E-state index in [0.717, 1.165) is 6.54 Å². The zero-order valence-electron chi connectivity index (χ0n) is 12.5. The van der Waals surface area contributed by atoms with Gasteiger partial charge in [-0.05, 0) is 47.8 Å². The molecule has 0 bridgehead atoms. The fourth-order valence-electron chi connectivity index (χ4n) is 3.38. The minimum absolute atomic E-state index is 0.505. The van der Waals surface area contributed by atoms with Gasteiger partial charge in [-0.3, -0.25) is 4.98 Å². The van der Waals surface area contributed by atoms with Crippen molar-refractivity contribution in [3.8, 4) is 0 Å². The van der Waals surface area contributed by atoms with Gasteiger partial charge in [0.25, 0.3) is 0 Å². The van der Waals surface area contributed by atoms with Gasteiger partial charge < -0.3 is 5.32 Å². The second-order valence-corrected chi connectivity index (χ2v) is 6.90. The Morgan fingerprint density at radius 3 is 3.00 bits per heavy atom. The topological polar surface area (TPSA) is 24.9 Å². The second kappa shape index (κ2) is 5.53. The van der Waals surface area contributed by atoms with Crippen molar-refractivity contribution < 1.29 is 0 Å². The van der Waals surface area contributed by atoms with E-state index in [4.69, 9.17) is 0 Å². The molecule has 2 nitrogen and oxygen atoms in total. The summed E-state index contributed by atoms with van der Waals surface area (Å²) in [6, 6.07) is 9.42. The van der Waals surface area contributed by atoms with E-state index in [9.17, 15) is 0 Å². The Bertz CT molecular complexity index is 589. The summed E-state index contributed by atoms with van der Waals surface area (Å²) in [5, 5.41) is 6.24. The maximum Gasteiger partial charge on any atom is 0.0346 e. The molecule has 0 aliphatic heterocycles. The molecule has 1 aromatic heterocycles. The molecule has 1 saturated carbocycles. The first-order chi connectivity index (χ1) is 9.62. The molecule has 2 heteroatoms. The molecule has 1 heterocycles. The number of nitrogens with one attached hydrogen (secondary N) is 1.